The van der Waals surface area contributed by atoms with Crippen LogP contribution in [-0.2, 0) is 6.54 Å². The molecule has 1 amide bonds. The Hall–Kier alpha value is -2.92. The Morgan fingerprint density at radius 3 is 2.50 bits per heavy atom. The number of carbonyl (C=O) groups is 1. The van der Waals surface area contributed by atoms with E-state index in [1.807, 2.05) is 54.3 Å². The molecule has 0 aliphatic heterocycles. The monoisotopic (exact) mass is 366 g/mol. The van der Waals surface area contributed by atoms with E-state index >= 15 is 0 Å². The zero-order chi connectivity index (χ0) is 18.4. The third-order valence-corrected chi connectivity index (χ3v) is 4.16. The molecule has 0 bridgehead atoms. The van der Waals surface area contributed by atoms with Crippen molar-refractivity contribution in [2.24, 2.45) is 0 Å². The summed E-state index contributed by atoms with van der Waals surface area (Å²) in [7, 11) is 0. The highest BCUT2D eigenvalue weighted by Crippen LogP contribution is 2.22. The number of halogens is 1. The molecule has 0 saturated heterocycles. The summed E-state index contributed by atoms with van der Waals surface area (Å²) in [5.41, 5.74) is 2.32. The lowest BCUT2D eigenvalue weighted by Gasteiger charge is -2.22. The van der Waals surface area contributed by atoms with Gasteiger partial charge in [0.25, 0.3) is 5.91 Å². The molecule has 5 nitrogen and oxygen atoms in total. The van der Waals surface area contributed by atoms with Gasteiger partial charge in [-0.3, -0.25) is 4.79 Å². The molecule has 6 heteroatoms. The van der Waals surface area contributed by atoms with E-state index in [-0.39, 0.29) is 5.91 Å². The summed E-state index contributed by atoms with van der Waals surface area (Å²) in [6, 6.07) is 19.0. The van der Waals surface area contributed by atoms with E-state index in [1.165, 1.54) is 6.33 Å². The van der Waals surface area contributed by atoms with Crippen molar-refractivity contribution in [2.75, 3.05) is 11.4 Å². The number of para-hydroxylation sites is 1. The van der Waals surface area contributed by atoms with Gasteiger partial charge in [-0.25, -0.2) is 9.97 Å². The van der Waals surface area contributed by atoms with Crippen LogP contribution in [0.5, 0.6) is 0 Å². The first-order chi connectivity index (χ1) is 12.7. The van der Waals surface area contributed by atoms with Crippen molar-refractivity contribution >= 4 is 29.0 Å². The molecule has 0 unspecified atom stereocenters. The Morgan fingerprint density at radius 1 is 1.08 bits per heavy atom. The first-order valence-corrected chi connectivity index (χ1v) is 8.72. The van der Waals surface area contributed by atoms with Crippen molar-refractivity contribution in [1.82, 2.24) is 15.3 Å². The number of carbonyl (C=O) groups excluding carboxylic acids is 1. The van der Waals surface area contributed by atoms with Gasteiger partial charge in [-0.05, 0) is 36.8 Å². The van der Waals surface area contributed by atoms with Crippen molar-refractivity contribution < 1.29 is 4.79 Å². The fraction of sp³-hybridized carbons (Fsp3) is 0.150. The number of aromatic nitrogens is 2. The Bertz CT molecular complexity index is 868. The van der Waals surface area contributed by atoms with Crippen molar-refractivity contribution in [3.8, 4) is 0 Å². The highest BCUT2D eigenvalue weighted by molar-refractivity contribution is 6.30. The largest absolute Gasteiger partial charge is 0.347 e. The fourth-order valence-corrected chi connectivity index (χ4v) is 2.70. The van der Waals surface area contributed by atoms with Gasteiger partial charge in [-0.15, -0.1) is 0 Å². The topological polar surface area (TPSA) is 58.1 Å². The van der Waals surface area contributed by atoms with Crippen molar-refractivity contribution in [3.05, 3.63) is 83.3 Å². The standard InChI is InChI=1S/C20H19ClN4O/c1-2-25(17-6-4-3-5-7-17)19-12-18(23-14-24-19)20(26)22-13-15-8-10-16(21)11-9-15/h3-12,14H,2,13H2,1H3,(H,22,26). The first-order valence-electron chi connectivity index (χ1n) is 8.34. The van der Waals surface area contributed by atoms with Crippen LogP contribution in [0.4, 0.5) is 11.5 Å². The molecule has 0 spiro atoms. The second-order valence-electron chi connectivity index (χ2n) is 5.65. The molecule has 1 heterocycles. The summed E-state index contributed by atoms with van der Waals surface area (Å²) in [6.07, 6.45) is 1.41. The average Bonchev–Trinajstić information content (AvgIpc) is 2.69. The fourth-order valence-electron chi connectivity index (χ4n) is 2.58. The van der Waals surface area contributed by atoms with E-state index in [9.17, 15) is 4.79 Å². The van der Waals surface area contributed by atoms with Crippen LogP contribution in [0.3, 0.4) is 0 Å². The highest BCUT2D eigenvalue weighted by Gasteiger charge is 2.13. The quantitative estimate of drug-likeness (QED) is 0.709. The lowest BCUT2D eigenvalue weighted by molar-refractivity contribution is 0.0946. The molecule has 3 aromatic rings. The molecule has 0 saturated carbocycles. The number of rotatable bonds is 6. The highest BCUT2D eigenvalue weighted by atomic mass is 35.5. The number of amides is 1. The van der Waals surface area contributed by atoms with Crippen LogP contribution in [0.2, 0.25) is 5.02 Å². The molecule has 0 aliphatic rings. The number of hydrogen-bond donors (Lipinski definition) is 1. The Morgan fingerprint density at radius 2 is 1.81 bits per heavy atom. The van der Waals surface area contributed by atoms with Crippen LogP contribution >= 0.6 is 11.6 Å². The van der Waals surface area contributed by atoms with E-state index in [0.29, 0.717) is 23.1 Å². The molecule has 3 rings (SSSR count). The summed E-state index contributed by atoms with van der Waals surface area (Å²) < 4.78 is 0. The summed E-state index contributed by atoms with van der Waals surface area (Å²) in [5.74, 6) is 0.443. The third-order valence-electron chi connectivity index (χ3n) is 3.91. The summed E-state index contributed by atoms with van der Waals surface area (Å²) >= 11 is 5.87. The molecule has 0 radical (unpaired) electrons. The molecule has 0 fully saturated rings. The van der Waals surface area contributed by atoms with Gasteiger partial charge in [0.2, 0.25) is 0 Å². The van der Waals surface area contributed by atoms with Crippen molar-refractivity contribution in [3.63, 3.8) is 0 Å². The third kappa shape index (κ3) is 4.37. The van der Waals surface area contributed by atoms with Gasteiger partial charge in [0, 0.05) is 29.9 Å². The smallest absolute Gasteiger partial charge is 0.270 e. The van der Waals surface area contributed by atoms with Gasteiger partial charge >= 0.3 is 0 Å². The number of nitrogens with one attached hydrogen (secondary N) is 1. The maximum Gasteiger partial charge on any atom is 0.270 e. The van der Waals surface area contributed by atoms with E-state index < -0.39 is 0 Å². The normalized spacial score (nSPS) is 10.4. The van der Waals surface area contributed by atoms with Gasteiger partial charge in [0.15, 0.2) is 0 Å². The van der Waals surface area contributed by atoms with Gasteiger partial charge < -0.3 is 10.2 Å². The molecule has 0 atom stereocenters. The zero-order valence-electron chi connectivity index (χ0n) is 14.4. The van der Waals surface area contributed by atoms with Crippen molar-refractivity contribution in [1.29, 1.82) is 0 Å². The maximum atomic E-state index is 12.4. The van der Waals surface area contributed by atoms with Gasteiger partial charge in [0.1, 0.15) is 17.8 Å². The van der Waals surface area contributed by atoms with Gasteiger partial charge in [-0.1, -0.05) is 41.9 Å². The Kier molecular flexibility index (Phi) is 5.81. The molecule has 2 aromatic carbocycles. The molecule has 1 N–H and O–H groups in total. The summed E-state index contributed by atoms with van der Waals surface area (Å²) in [6.45, 7) is 3.17. The van der Waals surface area contributed by atoms with Gasteiger partial charge in [-0.2, -0.15) is 0 Å². The minimum absolute atomic E-state index is 0.243. The van der Waals surface area contributed by atoms with E-state index in [1.54, 1.807) is 18.2 Å². The molecule has 1 aromatic heterocycles. The molecular formula is C20H19ClN4O. The summed E-state index contributed by atoms with van der Waals surface area (Å²) in [4.78, 5) is 22.9. The number of nitrogens with zero attached hydrogens (tertiary/aromatic N) is 3. The first kappa shape index (κ1) is 17.9. The van der Waals surface area contributed by atoms with E-state index in [0.717, 1.165) is 17.8 Å². The molecule has 0 aliphatic carbocycles. The van der Waals surface area contributed by atoms with Crippen molar-refractivity contribution in [2.45, 2.75) is 13.5 Å². The van der Waals surface area contributed by atoms with Crippen LogP contribution < -0.4 is 10.2 Å². The second kappa shape index (κ2) is 8.45. The second-order valence-corrected chi connectivity index (χ2v) is 6.09. The zero-order valence-corrected chi connectivity index (χ0v) is 15.1. The van der Waals surface area contributed by atoms with Crippen LogP contribution in [0.15, 0.2) is 67.0 Å². The van der Waals surface area contributed by atoms with E-state index in [2.05, 4.69) is 15.3 Å². The maximum absolute atomic E-state index is 12.4. The Labute approximate surface area is 157 Å². The average molecular weight is 367 g/mol. The van der Waals surface area contributed by atoms with Crippen LogP contribution in [-0.4, -0.2) is 22.4 Å². The minimum atomic E-state index is -0.243. The Balaban J connectivity index is 1.73. The number of hydrogen-bond acceptors (Lipinski definition) is 4. The SMILES string of the molecule is CCN(c1ccccc1)c1cc(C(=O)NCc2ccc(Cl)cc2)ncn1. The lowest BCUT2D eigenvalue weighted by atomic mass is 10.2. The predicted molar refractivity (Wildman–Crippen MR) is 104 cm³/mol. The van der Waals surface area contributed by atoms with Gasteiger partial charge in [0.05, 0.1) is 0 Å². The molecule has 132 valence electrons. The van der Waals surface area contributed by atoms with E-state index in [4.69, 9.17) is 11.6 Å². The molecular weight excluding hydrogens is 348 g/mol. The molecule has 26 heavy (non-hydrogen) atoms. The predicted octanol–water partition coefficient (Wildman–Crippen LogP) is 4.22. The van der Waals surface area contributed by atoms with Crippen LogP contribution in [0, 0.1) is 0 Å². The number of benzene rings is 2. The lowest BCUT2D eigenvalue weighted by Crippen LogP contribution is -2.25. The summed E-state index contributed by atoms with van der Waals surface area (Å²) in [5, 5.41) is 3.54. The van der Waals surface area contributed by atoms with Crippen LogP contribution in [0.25, 0.3) is 0 Å². The minimum Gasteiger partial charge on any atom is -0.347 e. The number of anilines is 2. The van der Waals surface area contributed by atoms with Crippen LogP contribution in [0.1, 0.15) is 23.0 Å².